The van der Waals surface area contributed by atoms with Crippen LogP contribution in [0, 0.1) is 0 Å². The van der Waals surface area contributed by atoms with Crippen molar-refractivity contribution in [2.45, 2.75) is 0 Å². The van der Waals surface area contributed by atoms with Crippen LogP contribution in [0.4, 0.5) is 0 Å². The monoisotopic (exact) mass is 282 g/mol. The highest BCUT2D eigenvalue weighted by molar-refractivity contribution is 9.10. The van der Waals surface area contributed by atoms with Gasteiger partial charge in [-0.25, -0.2) is 14.8 Å². The molecule has 7 heteroatoms. The summed E-state index contributed by atoms with van der Waals surface area (Å²) in [4.78, 5) is 19.0. The number of aromatic nitrogens is 4. The molecule has 1 N–H and O–H groups in total. The Hall–Kier alpha value is -1.76. The number of rotatable bonds is 2. The Bertz CT molecular complexity index is 535. The SMILES string of the molecule is Cn1ncc(C(=O)O)c1-c1ncc(Br)cn1. The van der Waals surface area contributed by atoms with Gasteiger partial charge in [0.15, 0.2) is 5.82 Å². The molecule has 2 aromatic heterocycles. The van der Waals surface area contributed by atoms with Gasteiger partial charge >= 0.3 is 5.97 Å². The first-order chi connectivity index (χ1) is 7.59. The molecular formula is C9H7BrN4O2. The first-order valence-corrected chi connectivity index (χ1v) is 5.12. The molecule has 0 amide bonds. The van der Waals surface area contributed by atoms with Gasteiger partial charge in [-0.3, -0.25) is 4.68 Å². The van der Waals surface area contributed by atoms with E-state index in [-0.39, 0.29) is 5.56 Å². The van der Waals surface area contributed by atoms with Crippen molar-refractivity contribution in [1.82, 2.24) is 19.7 Å². The molecule has 2 aromatic rings. The highest BCUT2D eigenvalue weighted by Crippen LogP contribution is 2.19. The van der Waals surface area contributed by atoms with Crippen LogP contribution in [-0.2, 0) is 7.05 Å². The van der Waals surface area contributed by atoms with Gasteiger partial charge in [0, 0.05) is 19.4 Å². The Balaban J connectivity index is 2.58. The number of aryl methyl sites for hydroxylation is 1. The van der Waals surface area contributed by atoms with Crippen molar-refractivity contribution >= 4 is 21.9 Å². The molecule has 0 aliphatic rings. The molecule has 0 atom stereocenters. The number of carboxylic acid groups (broad SMARTS) is 1. The van der Waals surface area contributed by atoms with E-state index in [9.17, 15) is 4.79 Å². The van der Waals surface area contributed by atoms with Crippen LogP contribution in [0.3, 0.4) is 0 Å². The zero-order valence-corrected chi connectivity index (χ0v) is 9.84. The minimum absolute atomic E-state index is 0.0878. The second kappa shape index (κ2) is 4.01. The minimum atomic E-state index is -1.05. The molecule has 16 heavy (non-hydrogen) atoms. The quantitative estimate of drug-likeness (QED) is 0.899. The summed E-state index contributed by atoms with van der Waals surface area (Å²) in [6.45, 7) is 0. The molecule has 2 rings (SSSR count). The molecule has 0 bridgehead atoms. The molecule has 6 nitrogen and oxygen atoms in total. The second-order valence-corrected chi connectivity index (χ2v) is 3.98. The van der Waals surface area contributed by atoms with Gasteiger partial charge in [0.1, 0.15) is 11.3 Å². The summed E-state index contributed by atoms with van der Waals surface area (Å²) in [5.41, 5.74) is 0.477. The van der Waals surface area contributed by atoms with Crippen LogP contribution < -0.4 is 0 Å². The highest BCUT2D eigenvalue weighted by atomic mass is 79.9. The average Bonchev–Trinajstić information content (AvgIpc) is 2.62. The van der Waals surface area contributed by atoms with Gasteiger partial charge < -0.3 is 5.11 Å². The number of hydrogen-bond acceptors (Lipinski definition) is 4. The first-order valence-electron chi connectivity index (χ1n) is 4.33. The summed E-state index contributed by atoms with van der Waals surface area (Å²) < 4.78 is 2.17. The lowest BCUT2D eigenvalue weighted by Gasteiger charge is -2.01. The van der Waals surface area contributed by atoms with Gasteiger partial charge in [0.2, 0.25) is 0 Å². The lowest BCUT2D eigenvalue weighted by Crippen LogP contribution is -2.03. The van der Waals surface area contributed by atoms with E-state index in [0.717, 1.165) is 4.47 Å². The van der Waals surface area contributed by atoms with Crippen LogP contribution in [0.1, 0.15) is 10.4 Å². The normalized spacial score (nSPS) is 10.4. The third kappa shape index (κ3) is 1.81. The van der Waals surface area contributed by atoms with E-state index in [2.05, 4.69) is 31.0 Å². The maximum atomic E-state index is 11.0. The smallest absolute Gasteiger partial charge is 0.339 e. The lowest BCUT2D eigenvalue weighted by molar-refractivity contribution is 0.0697. The van der Waals surface area contributed by atoms with Crippen LogP contribution in [0.5, 0.6) is 0 Å². The third-order valence-electron chi connectivity index (χ3n) is 2.00. The Kier molecular flexibility index (Phi) is 2.69. The van der Waals surface area contributed by atoms with Gasteiger partial charge in [0.25, 0.3) is 0 Å². The number of hydrogen-bond donors (Lipinski definition) is 1. The van der Waals surface area contributed by atoms with Crippen LogP contribution in [-0.4, -0.2) is 30.8 Å². The van der Waals surface area contributed by atoms with Gasteiger partial charge in [-0.2, -0.15) is 5.10 Å². The molecule has 82 valence electrons. The van der Waals surface area contributed by atoms with E-state index in [1.54, 1.807) is 19.4 Å². The van der Waals surface area contributed by atoms with Crippen molar-refractivity contribution < 1.29 is 9.90 Å². The van der Waals surface area contributed by atoms with E-state index in [1.165, 1.54) is 10.9 Å². The maximum Gasteiger partial charge on any atom is 0.339 e. The van der Waals surface area contributed by atoms with Crippen molar-refractivity contribution in [3.05, 3.63) is 28.6 Å². The number of carboxylic acids is 1. The molecule has 0 saturated heterocycles. The minimum Gasteiger partial charge on any atom is -0.478 e. The Labute approximate surface area is 99.1 Å². The molecule has 2 heterocycles. The summed E-state index contributed by atoms with van der Waals surface area (Å²) >= 11 is 3.21. The number of carbonyl (C=O) groups is 1. The summed E-state index contributed by atoms with van der Waals surface area (Å²) in [7, 11) is 1.65. The number of aromatic carboxylic acids is 1. The fourth-order valence-electron chi connectivity index (χ4n) is 1.29. The van der Waals surface area contributed by atoms with E-state index in [0.29, 0.717) is 11.5 Å². The molecule has 0 spiro atoms. The Morgan fingerprint density at radius 1 is 1.38 bits per heavy atom. The van der Waals surface area contributed by atoms with Gasteiger partial charge in [-0.05, 0) is 15.9 Å². The van der Waals surface area contributed by atoms with Gasteiger partial charge in [-0.1, -0.05) is 0 Å². The summed E-state index contributed by atoms with van der Waals surface area (Å²) in [6, 6.07) is 0. The average molecular weight is 283 g/mol. The molecule has 0 aromatic carbocycles. The zero-order valence-electron chi connectivity index (χ0n) is 8.25. The number of halogens is 1. The van der Waals surface area contributed by atoms with Crippen LogP contribution in [0.25, 0.3) is 11.5 Å². The predicted octanol–water partition coefficient (Wildman–Crippen LogP) is 1.34. The van der Waals surface area contributed by atoms with E-state index in [4.69, 9.17) is 5.11 Å². The standard InChI is InChI=1S/C9H7BrN4O2/c1-14-7(6(4-13-14)9(15)16)8-11-2-5(10)3-12-8/h2-4H,1H3,(H,15,16). The molecule has 0 aliphatic carbocycles. The lowest BCUT2D eigenvalue weighted by atomic mass is 10.2. The van der Waals surface area contributed by atoms with E-state index in [1.807, 2.05) is 0 Å². The fourth-order valence-corrected chi connectivity index (χ4v) is 1.50. The van der Waals surface area contributed by atoms with Crippen molar-refractivity contribution in [2.75, 3.05) is 0 Å². The third-order valence-corrected chi connectivity index (χ3v) is 2.41. The zero-order chi connectivity index (χ0) is 11.7. The predicted molar refractivity (Wildman–Crippen MR) is 58.9 cm³/mol. The van der Waals surface area contributed by atoms with Crippen molar-refractivity contribution in [2.24, 2.45) is 7.05 Å². The molecule has 0 unspecified atom stereocenters. The van der Waals surface area contributed by atoms with Gasteiger partial charge in [-0.15, -0.1) is 0 Å². The Morgan fingerprint density at radius 2 is 2.00 bits per heavy atom. The fraction of sp³-hybridized carbons (Fsp3) is 0.111. The van der Waals surface area contributed by atoms with Crippen molar-refractivity contribution in [1.29, 1.82) is 0 Å². The molecule has 0 fully saturated rings. The molecular weight excluding hydrogens is 276 g/mol. The van der Waals surface area contributed by atoms with Crippen LogP contribution in [0.2, 0.25) is 0 Å². The molecule has 0 radical (unpaired) electrons. The number of nitrogens with zero attached hydrogens (tertiary/aromatic N) is 4. The topological polar surface area (TPSA) is 80.9 Å². The largest absolute Gasteiger partial charge is 0.478 e. The summed E-state index contributed by atoms with van der Waals surface area (Å²) in [5.74, 6) is -0.713. The van der Waals surface area contributed by atoms with Crippen molar-refractivity contribution in [3.63, 3.8) is 0 Å². The van der Waals surface area contributed by atoms with Crippen molar-refractivity contribution in [3.8, 4) is 11.5 Å². The highest BCUT2D eigenvalue weighted by Gasteiger charge is 2.18. The van der Waals surface area contributed by atoms with E-state index < -0.39 is 5.97 Å². The van der Waals surface area contributed by atoms with E-state index >= 15 is 0 Å². The first kappa shape index (κ1) is 10.7. The van der Waals surface area contributed by atoms with Crippen LogP contribution >= 0.6 is 15.9 Å². The Morgan fingerprint density at radius 3 is 2.56 bits per heavy atom. The molecule has 0 aliphatic heterocycles. The van der Waals surface area contributed by atoms with Crippen LogP contribution in [0.15, 0.2) is 23.1 Å². The molecule has 0 saturated carbocycles. The van der Waals surface area contributed by atoms with Gasteiger partial charge in [0.05, 0.1) is 10.7 Å². The second-order valence-electron chi connectivity index (χ2n) is 3.06. The summed E-state index contributed by atoms with van der Waals surface area (Å²) in [5, 5.41) is 12.9. The maximum absolute atomic E-state index is 11.0. The summed E-state index contributed by atoms with van der Waals surface area (Å²) in [6.07, 6.45) is 4.39.